The Labute approximate surface area is 219 Å². The van der Waals surface area contributed by atoms with E-state index in [0.717, 1.165) is 33.5 Å². The maximum Gasteiger partial charge on any atom is 0.326 e. The highest BCUT2D eigenvalue weighted by atomic mass is 19.1. The van der Waals surface area contributed by atoms with Crippen LogP contribution in [0.4, 0.5) is 16.0 Å². The van der Waals surface area contributed by atoms with Gasteiger partial charge in [-0.3, -0.25) is 0 Å². The van der Waals surface area contributed by atoms with Gasteiger partial charge in [0.15, 0.2) is 0 Å². The largest absolute Gasteiger partial charge is 0.480 e. The van der Waals surface area contributed by atoms with Crippen LogP contribution >= 0.6 is 0 Å². The third-order valence-electron chi connectivity index (χ3n) is 6.52. The van der Waals surface area contributed by atoms with Crippen molar-refractivity contribution in [2.75, 3.05) is 10.6 Å². The Balaban J connectivity index is 1.24. The molecule has 0 fully saturated rings. The Hall–Kier alpha value is -4.66. The van der Waals surface area contributed by atoms with E-state index in [9.17, 15) is 14.3 Å². The number of carbonyl (C=O) groups is 1. The van der Waals surface area contributed by atoms with Crippen LogP contribution in [0.15, 0.2) is 73.2 Å². The molecule has 0 aliphatic heterocycles. The van der Waals surface area contributed by atoms with Crippen molar-refractivity contribution in [2.45, 2.75) is 39.3 Å². The predicted molar refractivity (Wildman–Crippen MR) is 146 cm³/mol. The number of rotatable bonds is 10. The number of fused-ring (bicyclic) bond motifs is 1. The van der Waals surface area contributed by atoms with Crippen molar-refractivity contribution in [3.8, 4) is 5.69 Å². The smallest absolute Gasteiger partial charge is 0.326 e. The van der Waals surface area contributed by atoms with Crippen LogP contribution in [0.25, 0.3) is 16.7 Å². The average molecular weight is 513 g/mol. The molecule has 0 saturated heterocycles. The number of anilines is 2. The van der Waals surface area contributed by atoms with Gasteiger partial charge < -0.3 is 25.3 Å². The summed E-state index contributed by atoms with van der Waals surface area (Å²) in [7, 11) is 0. The van der Waals surface area contributed by atoms with Crippen molar-refractivity contribution >= 4 is 28.6 Å². The normalized spacial score (nSPS) is 12.0. The molecular weight excluding hydrogens is 483 g/mol. The number of benzene rings is 3. The van der Waals surface area contributed by atoms with Crippen molar-refractivity contribution < 1.29 is 14.3 Å². The van der Waals surface area contributed by atoms with Crippen LogP contribution in [0.3, 0.4) is 0 Å². The Morgan fingerprint density at radius 3 is 2.68 bits per heavy atom. The van der Waals surface area contributed by atoms with Crippen molar-refractivity contribution in [3.63, 3.8) is 0 Å². The van der Waals surface area contributed by atoms with E-state index in [-0.39, 0.29) is 12.2 Å². The molecule has 38 heavy (non-hydrogen) atoms. The standard InChI is InChI=1S/C29H29FN6O2/c1-3-20-14-21(30)12-18(2)27(20)33-26(28(37)38)13-19-8-10-23(11-9-19)36-16-22(32-17-36)15-31-29-34-24-6-4-5-7-25(24)35-29/h4-12,14,16-17,26,33H,3,13,15H2,1-2H3,(H,37,38)(H2,31,34,35). The summed E-state index contributed by atoms with van der Waals surface area (Å²) in [6.45, 7) is 4.22. The minimum Gasteiger partial charge on any atom is -0.480 e. The van der Waals surface area contributed by atoms with Crippen molar-refractivity contribution in [1.82, 2.24) is 19.5 Å². The molecule has 1 unspecified atom stereocenters. The van der Waals surface area contributed by atoms with E-state index in [1.807, 2.05) is 66.2 Å². The Bertz CT molecular complexity index is 1540. The molecule has 3 aromatic carbocycles. The van der Waals surface area contributed by atoms with Gasteiger partial charge in [-0.05, 0) is 66.4 Å². The third-order valence-corrected chi connectivity index (χ3v) is 6.52. The van der Waals surface area contributed by atoms with Gasteiger partial charge in [-0.15, -0.1) is 0 Å². The van der Waals surface area contributed by atoms with E-state index in [2.05, 4.69) is 25.6 Å². The van der Waals surface area contributed by atoms with Gasteiger partial charge in [-0.1, -0.05) is 31.2 Å². The van der Waals surface area contributed by atoms with Gasteiger partial charge in [-0.2, -0.15) is 0 Å². The number of nitrogens with one attached hydrogen (secondary N) is 3. The fourth-order valence-corrected chi connectivity index (χ4v) is 4.52. The van der Waals surface area contributed by atoms with Gasteiger partial charge >= 0.3 is 5.97 Å². The molecule has 1 atom stereocenters. The fourth-order valence-electron chi connectivity index (χ4n) is 4.52. The number of aromatic amines is 1. The molecule has 0 aliphatic rings. The van der Waals surface area contributed by atoms with E-state index in [1.54, 1.807) is 13.3 Å². The maximum atomic E-state index is 13.8. The molecule has 5 rings (SSSR count). The molecule has 2 aromatic heterocycles. The molecule has 0 saturated carbocycles. The molecule has 0 amide bonds. The fraction of sp³-hybridized carbons (Fsp3) is 0.207. The van der Waals surface area contributed by atoms with Crippen LogP contribution in [0.2, 0.25) is 0 Å². The van der Waals surface area contributed by atoms with E-state index in [4.69, 9.17) is 0 Å². The summed E-state index contributed by atoms with van der Waals surface area (Å²) in [4.78, 5) is 24.3. The first kappa shape index (κ1) is 25.0. The summed E-state index contributed by atoms with van der Waals surface area (Å²) in [6, 6.07) is 17.6. The Kier molecular flexibility index (Phi) is 7.08. The quantitative estimate of drug-likeness (QED) is 0.197. The van der Waals surface area contributed by atoms with Crippen molar-refractivity contribution in [2.24, 2.45) is 0 Å². The molecule has 0 bridgehead atoms. The van der Waals surface area contributed by atoms with E-state index in [1.165, 1.54) is 12.1 Å². The van der Waals surface area contributed by atoms with Gasteiger partial charge in [0.05, 0.1) is 29.6 Å². The minimum atomic E-state index is -0.962. The summed E-state index contributed by atoms with van der Waals surface area (Å²) in [5.41, 5.74) is 6.64. The van der Waals surface area contributed by atoms with E-state index in [0.29, 0.717) is 30.2 Å². The number of hydrogen-bond acceptors (Lipinski definition) is 5. The summed E-state index contributed by atoms with van der Waals surface area (Å²) >= 11 is 0. The van der Waals surface area contributed by atoms with Gasteiger partial charge in [-0.25, -0.2) is 19.2 Å². The zero-order chi connectivity index (χ0) is 26.6. The summed E-state index contributed by atoms with van der Waals surface area (Å²) in [6.07, 6.45) is 4.57. The molecule has 9 heteroatoms. The first-order valence-corrected chi connectivity index (χ1v) is 12.5. The second-order valence-corrected chi connectivity index (χ2v) is 9.24. The van der Waals surface area contributed by atoms with Crippen LogP contribution in [0.5, 0.6) is 0 Å². The number of hydrogen-bond donors (Lipinski definition) is 4. The number of carboxylic acids is 1. The number of para-hydroxylation sites is 2. The molecule has 4 N–H and O–H groups in total. The lowest BCUT2D eigenvalue weighted by Gasteiger charge is -2.20. The predicted octanol–water partition coefficient (Wildman–Crippen LogP) is 5.48. The summed E-state index contributed by atoms with van der Waals surface area (Å²) in [5.74, 6) is -0.593. The number of halogens is 1. The lowest BCUT2D eigenvalue weighted by Crippen LogP contribution is -2.32. The molecule has 0 spiro atoms. The van der Waals surface area contributed by atoms with Gasteiger partial charge in [0.1, 0.15) is 11.9 Å². The Morgan fingerprint density at radius 1 is 1.16 bits per heavy atom. The number of H-pyrrole nitrogens is 1. The second-order valence-electron chi connectivity index (χ2n) is 9.24. The van der Waals surface area contributed by atoms with Crippen molar-refractivity contribution in [1.29, 1.82) is 0 Å². The van der Waals surface area contributed by atoms with Crippen LogP contribution in [-0.2, 0) is 24.2 Å². The van der Waals surface area contributed by atoms with Gasteiger partial charge in [0.2, 0.25) is 5.95 Å². The first-order valence-electron chi connectivity index (χ1n) is 12.5. The van der Waals surface area contributed by atoms with E-state index >= 15 is 0 Å². The average Bonchev–Trinajstić information content (AvgIpc) is 3.55. The zero-order valence-corrected chi connectivity index (χ0v) is 21.2. The third kappa shape index (κ3) is 5.51. The second kappa shape index (κ2) is 10.8. The number of aliphatic carboxylic acids is 1. The monoisotopic (exact) mass is 512 g/mol. The highest BCUT2D eigenvalue weighted by Gasteiger charge is 2.20. The van der Waals surface area contributed by atoms with Crippen LogP contribution in [-0.4, -0.2) is 36.6 Å². The van der Waals surface area contributed by atoms with Crippen molar-refractivity contribution in [3.05, 3.63) is 101 Å². The summed E-state index contributed by atoms with van der Waals surface area (Å²) < 4.78 is 15.7. The number of aromatic nitrogens is 4. The number of carboxylic acid groups (broad SMARTS) is 1. The number of aryl methyl sites for hydroxylation is 2. The lowest BCUT2D eigenvalue weighted by molar-refractivity contribution is -0.137. The highest BCUT2D eigenvalue weighted by molar-refractivity contribution is 5.79. The lowest BCUT2D eigenvalue weighted by atomic mass is 10.0. The Morgan fingerprint density at radius 2 is 1.95 bits per heavy atom. The number of nitrogens with zero attached hydrogens (tertiary/aromatic N) is 3. The van der Waals surface area contributed by atoms with Crippen LogP contribution in [0.1, 0.15) is 29.3 Å². The highest BCUT2D eigenvalue weighted by Crippen LogP contribution is 2.25. The SMILES string of the molecule is CCc1cc(F)cc(C)c1NC(Cc1ccc(-n2cnc(CNc3nc4ccccc4[nH]3)c2)cc1)C(=O)O. The van der Waals surface area contributed by atoms with Gasteiger partial charge in [0, 0.05) is 24.0 Å². The topological polar surface area (TPSA) is 108 Å². The molecule has 0 aliphatic carbocycles. The maximum absolute atomic E-state index is 13.8. The molecule has 2 heterocycles. The molecule has 0 radical (unpaired) electrons. The van der Waals surface area contributed by atoms with E-state index < -0.39 is 12.0 Å². The molecule has 5 aromatic rings. The summed E-state index contributed by atoms with van der Waals surface area (Å²) in [5, 5.41) is 16.2. The van der Waals surface area contributed by atoms with Crippen LogP contribution < -0.4 is 10.6 Å². The van der Waals surface area contributed by atoms with Crippen LogP contribution in [0, 0.1) is 12.7 Å². The minimum absolute atomic E-state index is 0.284. The molecular formula is C29H29FN6O2. The molecule has 8 nitrogen and oxygen atoms in total. The molecule has 194 valence electrons. The van der Waals surface area contributed by atoms with Gasteiger partial charge in [0.25, 0.3) is 0 Å². The zero-order valence-electron chi connectivity index (χ0n) is 21.2. The first-order chi connectivity index (χ1) is 18.4. The number of imidazole rings is 2.